The number of aryl methyl sites for hydroxylation is 1. The third-order valence-corrected chi connectivity index (χ3v) is 5.17. The van der Waals surface area contributed by atoms with Gasteiger partial charge in [-0.05, 0) is 31.5 Å². The molecule has 11 heteroatoms. The molecule has 0 aliphatic heterocycles. The number of rotatable bonds is 5. The molecule has 0 bridgehead atoms. The lowest BCUT2D eigenvalue weighted by atomic mass is 10.2. The number of amides is 1. The van der Waals surface area contributed by atoms with Gasteiger partial charge in [0.15, 0.2) is 5.13 Å². The lowest BCUT2D eigenvalue weighted by Gasteiger charge is -2.14. The van der Waals surface area contributed by atoms with Crippen LogP contribution in [-0.2, 0) is 4.79 Å². The molecule has 0 aliphatic rings. The molecule has 1 atom stereocenters. The average Bonchev–Trinajstić information content (AvgIpc) is 3.13. The molecular weight excluding hydrogens is 408 g/mol. The number of carbonyl (C=O) groups excluding carboxylic acids is 1. The summed E-state index contributed by atoms with van der Waals surface area (Å²) in [6, 6.07) is 4.25. The number of benzene rings is 1. The van der Waals surface area contributed by atoms with Crippen molar-refractivity contribution in [2.45, 2.75) is 32.7 Å². The van der Waals surface area contributed by atoms with Gasteiger partial charge in [0.1, 0.15) is 17.4 Å². The third kappa shape index (κ3) is 3.77. The molecule has 1 aromatic carbocycles. The Balaban J connectivity index is 1.89. The second-order valence-corrected chi connectivity index (χ2v) is 7.19. The summed E-state index contributed by atoms with van der Waals surface area (Å²) in [4.78, 5) is 16.7. The highest BCUT2D eigenvalue weighted by molar-refractivity contribution is 7.22. The number of anilines is 1. The number of fused-ring (bicyclic) bond motifs is 1. The smallest absolute Gasteiger partial charge is 0.283 e. The van der Waals surface area contributed by atoms with Crippen molar-refractivity contribution >= 4 is 44.2 Å². The van der Waals surface area contributed by atoms with Gasteiger partial charge in [0.05, 0.1) is 15.2 Å². The Kier molecular flexibility index (Phi) is 5.38. The zero-order valence-electron chi connectivity index (χ0n) is 14.0. The van der Waals surface area contributed by atoms with Crippen molar-refractivity contribution in [3.8, 4) is 0 Å². The summed E-state index contributed by atoms with van der Waals surface area (Å²) in [5.41, 5.74) is -0.217. The van der Waals surface area contributed by atoms with Crippen LogP contribution >= 0.6 is 22.9 Å². The first-order valence-corrected chi connectivity index (χ1v) is 8.90. The average molecular weight is 421 g/mol. The molecule has 1 unspecified atom stereocenters. The van der Waals surface area contributed by atoms with Crippen LogP contribution in [0.5, 0.6) is 0 Å². The van der Waals surface area contributed by atoms with E-state index in [9.17, 15) is 22.4 Å². The van der Waals surface area contributed by atoms with Crippen molar-refractivity contribution in [3.63, 3.8) is 0 Å². The minimum atomic E-state index is -3.17. The van der Waals surface area contributed by atoms with Gasteiger partial charge in [-0.1, -0.05) is 29.0 Å². The van der Waals surface area contributed by atoms with Crippen LogP contribution in [0.1, 0.15) is 42.8 Å². The van der Waals surface area contributed by atoms with Crippen LogP contribution in [-0.4, -0.2) is 20.7 Å². The number of nitrogens with zero attached hydrogens (tertiary/aromatic N) is 3. The second-order valence-electron chi connectivity index (χ2n) is 5.79. The first kappa shape index (κ1) is 19.6. The van der Waals surface area contributed by atoms with Crippen LogP contribution in [0.15, 0.2) is 18.2 Å². The molecule has 144 valence electrons. The van der Waals surface area contributed by atoms with Gasteiger partial charge in [0, 0.05) is 0 Å². The van der Waals surface area contributed by atoms with Gasteiger partial charge in [0.2, 0.25) is 0 Å². The summed E-state index contributed by atoms with van der Waals surface area (Å²) in [5.74, 6) is -0.729. The van der Waals surface area contributed by atoms with Crippen LogP contribution in [0.3, 0.4) is 0 Å². The highest BCUT2D eigenvalue weighted by Crippen LogP contribution is 2.36. The number of carbonyl (C=O) groups is 1. The van der Waals surface area contributed by atoms with E-state index in [1.807, 2.05) is 19.1 Å². The van der Waals surface area contributed by atoms with E-state index >= 15 is 0 Å². The molecule has 5 nitrogen and oxygen atoms in total. The Hall–Kier alpha value is -2.20. The van der Waals surface area contributed by atoms with Crippen LogP contribution in [0.2, 0.25) is 5.02 Å². The summed E-state index contributed by atoms with van der Waals surface area (Å²) in [5, 5.41) is 5.35. The van der Waals surface area contributed by atoms with Gasteiger partial charge in [-0.15, -0.1) is 0 Å². The number of thiazole rings is 1. The van der Waals surface area contributed by atoms with Crippen molar-refractivity contribution < 1.29 is 22.4 Å². The number of alkyl halides is 4. The lowest BCUT2D eigenvalue weighted by Crippen LogP contribution is -2.26. The Morgan fingerprint density at radius 2 is 1.96 bits per heavy atom. The van der Waals surface area contributed by atoms with E-state index in [0.29, 0.717) is 10.2 Å². The summed E-state index contributed by atoms with van der Waals surface area (Å²) >= 11 is 6.82. The molecule has 1 amide bonds. The largest absolute Gasteiger partial charge is 0.300 e. The number of nitrogens with one attached hydrogen (secondary N) is 1. The fourth-order valence-electron chi connectivity index (χ4n) is 2.48. The molecule has 2 aromatic heterocycles. The summed E-state index contributed by atoms with van der Waals surface area (Å²) < 4.78 is 53.8. The van der Waals surface area contributed by atoms with Gasteiger partial charge in [-0.2, -0.15) is 5.10 Å². The van der Waals surface area contributed by atoms with E-state index in [4.69, 9.17) is 11.6 Å². The Labute approximate surface area is 160 Å². The third-order valence-electron chi connectivity index (χ3n) is 3.85. The molecule has 0 saturated heterocycles. The predicted octanol–water partition coefficient (Wildman–Crippen LogP) is 5.53. The molecule has 0 radical (unpaired) electrons. The Morgan fingerprint density at radius 3 is 2.59 bits per heavy atom. The molecule has 0 spiro atoms. The van der Waals surface area contributed by atoms with Crippen LogP contribution in [0, 0.1) is 6.92 Å². The molecule has 2 heterocycles. The molecule has 3 rings (SSSR count). The van der Waals surface area contributed by atoms with Gasteiger partial charge in [-0.25, -0.2) is 27.2 Å². The minimum Gasteiger partial charge on any atom is -0.300 e. The molecule has 27 heavy (non-hydrogen) atoms. The molecule has 0 aliphatic carbocycles. The quantitative estimate of drug-likeness (QED) is 0.552. The van der Waals surface area contributed by atoms with E-state index < -0.39 is 41.2 Å². The highest BCUT2D eigenvalue weighted by atomic mass is 35.5. The topological polar surface area (TPSA) is 59.8 Å². The normalized spacial score (nSPS) is 12.9. The predicted molar refractivity (Wildman–Crippen MR) is 94.8 cm³/mol. The maximum absolute atomic E-state index is 13.3. The number of hydrogen-bond acceptors (Lipinski definition) is 4. The second kappa shape index (κ2) is 7.43. The molecule has 0 fully saturated rings. The maximum atomic E-state index is 13.3. The first-order valence-electron chi connectivity index (χ1n) is 7.71. The summed E-state index contributed by atoms with van der Waals surface area (Å²) in [7, 11) is 0. The number of halogens is 5. The monoisotopic (exact) mass is 420 g/mol. The number of aromatic nitrogens is 3. The van der Waals surface area contributed by atoms with E-state index in [-0.39, 0.29) is 5.13 Å². The summed E-state index contributed by atoms with van der Waals surface area (Å²) in [6.07, 6.45) is -6.31. The number of hydrogen-bond donors (Lipinski definition) is 1. The first-order chi connectivity index (χ1) is 12.7. The maximum Gasteiger partial charge on any atom is 0.283 e. The van der Waals surface area contributed by atoms with E-state index in [1.54, 1.807) is 6.07 Å². The molecular formula is C16H13ClF4N4OS. The van der Waals surface area contributed by atoms with E-state index in [1.165, 1.54) is 18.3 Å². The van der Waals surface area contributed by atoms with Crippen molar-refractivity contribution in [1.82, 2.24) is 14.8 Å². The minimum absolute atomic E-state index is 0.262. The van der Waals surface area contributed by atoms with Crippen molar-refractivity contribution in [2.24, 2.45) is 0 Å². The van der Waals surface area contributed by atoms with Gasteiger partial charge >= 0.3 is 0 Å². The Bertz CT molecular complexity index is 1000. The van der Waals surface area contributed by atoms with E-state index in [2.05, 4.69) is 15.4 Å². The van der Waals surface area contributed by atoms with Crippen molar-refractivity contribution in [2.75, 3.05) is 5.32 Å². The van der Waals surface area contributed by atoms with Gasteiger partial charge < -0.3 is 5.32 Å². The fraction of sp³-hybridized carbons (Fsp3) is 0.312. The van der Waals surface area contributed by atoms with Crippen LogP contribution in [0.4, 0.5) is 22.7 Å². The van der Waals surface area contributed by atoms with E-state index in [0.717, 1.165) is 10.3 Å². The van der Waals surface area contributed by atoms with Crippen molar-refractivity contribution in [1.29, 1.82) is 0 Å². The lowest BCUT2D eigenvalue weighted by molar-refractivity contribution is -0.119. The van der Waals surface area contributed by atoms with Crippen LogP contribution in [0.25, 0.3) is 10.2 Å². The molecule has 1 N–H and O–H groups in total. The SMILES string of the molecule is Cc1ccc2nc(NC(=O)C(C)n3nc(C(F)F)c(Cl)c3C(F)F)sc2c1. The molecule has 3 aromatic rings. The highest BCUT2D eigenvalue weighted by Gasteiger charge is 2.32. The molecule has 0 saturated carbocycles. The fourth-order valence-corrected chi connectivity index (χ4v) is 3.74. The van der Waals surface area contributed by atoms with Gasteiger partial charge in [0.25, 0.3) is 18.8 Å². The standard InChI is InChI=1S/C16H13ClF4N4OS/c1-6-3-4-8-9(5-6)27-16(22-8)23-15(26)7(2)25-12(14(20)21)10(17)11(24-25)13(18)19/h3-5,7,13-14H,1-2H3,(H,22,23,26). The zero-order valence-corrected chi connectivity index (χ0v) is 15.6. The van der Waals surface area contributed by atoms with Crippen molar-refractivity contribution in [3.05, 3.63) is 40.2 Å². The Morgan fingerprint density at radius 1 is 1.26 bits per heavy atom. The summed E-state index contributed by atoms with van der Waals surface area (Å²) in [6.45, 7) is 3.17. The zero-order chi connectivity index (χ0) is 19.9. The van der Waals surface area contributed by atoms with Crippen LogP contribution < -0.4 is 5.32 Å². The van der Waals surface area contributed by atoms with Gasteiger partial charge in [-0.3, -0.25) is 4.79 Å².